The number of fused-ring (bicyclic) bond motifs is 4. The van der Waals surface area contributed by atoms with Gasteiger partial charge in [0.15, 0.2) is 12.1 Å². The number of ether oxygens (including phenoxy) is 2. The van der Waals surface area contributed by atoms with E-state index in [1.807, 2.05) is 67.5 Å². The number of halogens is 1. The molecule has 2 aliphatic rings. The molecule has 2 aromatic carbocycles. The van der Waals surface area contributed by atoms with Crippen LogP contribution in [0.3, 0.4) is 0 Å². The molecular weight excluding hydrogens is 879 g/mol. The number of aromatic nitrogens is 1. The van der Waals surface area contributed by atoms with Crippen LogP contribution in [0.15, 0.2) is 36.4 Å². The van der Waals surface area contributed by atoms with E-state index < -0.39 is 0 Å². The molecule has 1 aromatic heterocycles. The minimum Gasteiger partial charge on any atom is -0.491 e. The van der Waals surface area contributed by atoms with Crippen LogP contribution >= 0.6 is 20.5 Å². The van der Waals surface area contributed by atoms with E-state index in [9.17, 15) is 9.59 Å². The predicted molar refractivity (Wildman–Crippen MR) is 236 cm³/mol. The topological polar surface area (TPSA) is 74.9 Å². The number of hydrogen-bond donors (Lipinski definition) is 1. The maximum atomic E-state index is 11.7. The summed E-state index contributed by atoms with van der Waals surface area (Å²) in [5, 5.41) is 4.63. The first kappa shape index (κ1) is 58.1. The number of rotatable bonds is 12. The summed E-state index contributed by atoms with van der Waals surface area (Å²) in [6, 6.07) is 7.49. The van der Waals surface area contributed by atoms with Gasteiger partial charge in [0.2, 0.25) is 0 Å². The van der Waals surface area contributed by atoms with Crippen LogP contribution in [0, 0.1) is 0 Å². The third-order valence-corrected chi connectivity index (χ3v) is 8.21. The Hall–Kier alpha value is -1.17. The number of allylic oxidation sites excluding steroid dienone is 1. The molecule has 1 aliphatic carbocycles. The number of H-pyrrole nitrogens is 1. The fourth-order valence-corrected chi connectivity index (χ4v) is 5.65. The minimum atomic E-state index is -0.0550. The van der Waals surface area contributed by atoms with E-state index in [4.69, 9.17) is 21.1 Å². The fraction of sp³-hybridized carbons (Fsp3) is 0.523. The van der Waals surface area contributed by atoms with Gasteiger partial charge in [-0.2, -0.15) is 0 Å². The summed E-state index contributed by atoms with van der Waals surface area (Å²) in [6.45, 7) is 22.0. The monoisotopic (exact) mass is 947 g/mol. The first-order chi connectivity index (χ1) is 25.5. The van der Waals surface area contributed by atoms with Gasteiger partial charge in [0.1, 0.15) is 24.2 Å². The largest absolute Gasteiger partial charge is 0.491 e. The van der Waals surface area contributed by atoms with Crippen LogP contribution in [0.2, 0.25) is 0 Å². The van der Waals surface area contributed by atoms with Gasteiger partial charge in [0.05, 0.1) is 11.3 Å². The molecule has 2 radical (unpaired) electrons. The maximum absolute atomic E-state index is 11.7. The Balaban J connectivity index is -0.000000798. The van der Waals surface area contributed by atoms with Crippen molar-refractivity contribution in [3.05, 3.63) is 63.7 Å². The summed E-state index contributed by atoms with van der Waals surface area (Å²) in [5.74, 6) is 2.23. The summed E-state index contributed by atoms with van der Waals surface area (Å²) in [5.41, 5.74) is 4.63. The smallest absolute Gasteiger partial charge is 0.166 e. The zero-order valence-electron chi connectivity index (χ0n) is 36.2. The van der Waals surface area contributed by atoms with E-state index in [-0.39, 0.29) is 77.3 Å². The first-order valence-corrected chi connectivity index (χ1v) is 20.5. The molecule has 0 amide bonds. The van der Waals surface area contributed by atoms with Gasteiger partial charge in [0.25, 0.3) is 0 Å². The van der Waals surface area contributed by atoms with Crippen molar-refractivity contribution in [3.63, 3.8) is 0 Å². The third kappa shape index (κ3) is 19.4. The number of carbonyl (C=O) groups is 2. The average Bonchev–Trinajstić information content (AvgIpc) is 3.76. The van der Waals surface area contributed by atoms with Crippen molar-refractivity contribution in [1.82, 2.24) is 9.88 Å². The Morgan fingerprint density at radius 2 is 1.58 bits per heavy atom. The van der Waals surface area contributed by atoms with Crippen molar-refractivity contribution < 1.29 is 84.5 Å². The standard InChI is InChI=1S/C21H28NOP.C15H18N2O3.C2H5Cl.3C2H6.2Y/c1-4-5-6-11-20(15(2)24)23-21-14-19-17(12-13-22(19)3)16-9-7-8-10-18(16)21;1-10(19)13-7-11-6-12(9-18)16-14(11)8-15(13)20-5-4-17(2)3;1-2-3;3*1-2;;/h6,9-11,14,20,24H,4-5,7-8,12-13H2,1-3H3;6-9,16H,4-5H2,1-3H3;2H2,1H3;3*1-2H3;;. The van der Waals surface area contributed by atoms with E-state index >= 15 is 0 Å². The molecule has 5 rings (SSSR count). The number of aldehydes is 1. The quantitative estimate of drug-likeness (QED) is 0.0641. The molecule has 1 N–H and O–H groups in total. The van der Waals surface area contributed by atoms with Crippen LogP contribution in [0.4, 0.5) is 5.69 Å². The van der Waals surface area contributed by atoms with Crippen molar-refractivity contribution in [3.8, 4) is 11.5 Å². The number of benzene rings is 2. The Morgan fingerprint density at radius 1 is 0.982 bits per heavy atom. The van der Waals surface area contributed by atoms with E-state index in [0.717, 1.165) is 79.3 Å². The number of ketones is 1. The first-order valence-electron chi connectivity index (χ1n) is 19.5. The third-order valence-electron chi connectivity index (χ3n) is 7.92. The number of nitrogens with zero attached hydrogens (tertiary/aromatic N) is 2. The van der Waals surface area contributed by atoms with Crippen molar-refractivity contribution in [1.29, 1.82) is 0 Å². The van der Waals surface area contributed by atoms with E-state index in [1.165, 1.54) is 28.6 Å². The van der Waals surface area contributed by atoms with Gasteiger partial charge in [-0.05, 0) is 87.9 Å². The molecule has 3 aromatic rings. The van der Waals surface area contributed by atoms with Gasteiger partial charge in [-0.15, -0.1) is 20.5 Å². The molecule has 55 heavy (non-hydrogen) atoms. The molecule has 2 heterocycles. The Kier molecular flexibility index (Phi) is 35.7. The number of anilines is 1. The molecule has 0 fully saturated rings. The molecule has 0 spiro atoms. The van der Waals surface area contributed by atoms with Gasteiger partial charge in [0, 0.05) is 125 Å². The SMILES string of the molecule is CC.CC.CC.CC(=O)c1cc2cc(C=O)[nH]c2cc1OCCN(C)C.CCCC=CC(Oc1cc2c(c3c1=CCCC=3)CCN2C)C(C)=P.CCCl.[Y].[Y]. The second kappa shape index (κ2) is 33.8. The van der Waals surface area contributed by atoms with E-state index in [0.29, 0.717) is 23.6 Å². The molecule has 0 saturated carbocycles. The van der Waals surface area contributed by atoms with Crippen LogP contribution < -0.4 is 24.8 Å². The fourth-order valence-electron chi connectivity index (χ4n) is 5.50. The number of Topliss-reactive ketones (excluding diaryl/α,β-unsaturated/α-hetero) is 1. The van der Waals surface area contributed by atoms with Crippen LogP contribution in [0.25, 0.3) is 23.1 Å². The molecule has 11 heteroatoms. The summed E-state index contributed by atoms with van der Waals surface area (Å²) >= 11 is 5.00. The molecule has 302 valence electrons. The number of unbranched alkanes of at least 4 members (excludes halogenated alkanes) is 1. The van der Waals surface area contributed by atoms with Crippen molar-refractivity contribution in [2.75, 3.05) is 51.6 Å². The van der Waals surface area contributed by atoms with Crippen LogP contribution in [0.1, 0.15) is 121 Å². The molecule has 1 aliphatic heterocycles. The minimum absolute atomic E-state index is 0. The number of nitrogens with one attached hydrogen (secondary N) is 1. The molecule has 0 bridgehead atoms. The summed E-state index contributed by atoms with van der Waals surface area (Å²) in [4.78, 5) is 29.8. The number of alkyl halides is 1. The Bertz CT molecular complexity index is 1710. The van der Waals surface area contributed by atoms with Crippen molar-refractivity contribution in [2.45, 2.75) is 107 Å². The van der Waals surface area contributed by atoms with Crippen molar-refractivity contribution in [2.24, 2.45) is 0 Å². The van der Waals surface area contributed by atoms with Gasteiger partial charge in [-0.25, -0.2) is 0 Å². The molecule has 0 saturated heterocycles. The van der Waals surface area contributed by atoms with Gasteiger partial charge >= 0.3 is 0 Å². The van der Waals surface area contributed by atoms with Crippen LogP contribution in [-0.4, -0.2) is 80.1 Å². The summed E-state index contributed by atoms with van der Waals surface area (Å²) < 4.78 is 12.1. The Labute approximate surface area is 391 Å². The number of likely N-dealkylation sites (N-methyl/N-ethyl adjacent to an activating group) is 2. The van der Waals surface area contributed by atoms with Crippen LogP contribution in [-0.2, 0) is 71.8 Å². The normalized spacial score (nSPS) is 12.1. The van der Waals surface area contributed by atoms with Crippen LogP contribution in [0.5, 0.6) is 11.5 Å². The number of carbonyl (C=O) groups excluding carboxylic acids is 2. The van der Waals surface area contributed by atoms with E-state index in [2.05, 4.69) is 70.0 Å². The maximum Gasteiger partial charge on any atom is 0.166 e. The zero-order chi connectivity index (χ0) is 40.5. The predicted octanol–water partition coefficient (Wildman–Crippen LogP) is 9.91. The second-order valence-corrected chi connectivity index (χ2v) is 13.4. The van der Waals surface area contributed by atoms with Gasteiger partial charge in [-0.1, -0.05) is 80.0 Å². The van der Waals surface area contributed by atoms with Gasteiger partial charge < -0.3 is 24.3 Å². The number of aromatic amines is 1. The molecule has 7 nitrogen and oxygen atoms in total. The average molecular weight is 948 g/mol. The molecule has 1 atom stereocenters. The molecule has 1 unspecified atom stereocenters. The summed E-state index contributed by atoms with van der Waals surface area (Å²) in [6.07, 6.45) is 15.5. The summed E-state index contributed by atoms with van der Waals surface area (Å²) in [7, 11) is 9.78. The number of hydrogen-bond acceptors (Lipinski definition) is 6. The molecular formula is C44H69ClN3O4PY2. The van der Waals surface area contributed by atoms with E-state index in [1.54, 1.807) is 18.2 Å². The second-order valence-electron chi connectivity index (χ2n) is 12.0. The van der Waals surface area contributed by atoms with Gasteiger partial charge in [-0.3, -0.25) is 9.59 Å². The Morgan fingerprint density at radius 3 is 2.11 bits per heavy atom. The zero-order valence-corrected chi connectivity index (χ0v) is 43.6. The van der Waals surface area contributed by atoms with Crippen molar-refractivity contribution >= 4 is 66.6 Å².